The number of para-hydroxylation sites is 1. The van der Waals surface area contributed by atoms with E-state index in [1.54, 1.807) is 26.1 Å². The van der Waals surface area contributed by atoms with Crippen LogP contribution in [0.3, 0.4) is 0 Å². The van der Waals surface area contributed by atoms with E-state index in [1.165, 1.54) is 0 Å². The molecule has 1 aromatic heterocycles. The van der Waals surface area contributed by atoms with Gasteiger partial charge in [0.05, 0.1) is 6.10 Å². The van der Waals surface area contributed by atoms with Crippen molar-refractivity contribution in [1.29, 1.82) is 0 Å². The number of carbonyl (C=O) groups excluding carboxylic acids is 2. The number of aromatic nitrogens is 1. The number of nitrogens with zero attached hydrogens (tertiary/aromatic N) is 2. The lowest BCUT2D eigenvalue weighted by Gasteiger charge is -2.19. The van der Waals surface area contributed by atoms with Crippen LogP contribution in [0.5, 0.6) is 5.75 Å². The van der Waals surface area contributed by atoms with Crippen LogP contribution < -0.4 is 15.4 Å². The van der Waals surface area contributed by atoms with Crippen LogP contribution in [0.1, 0.15) is 42.4 Å². The van der Waals surface area contributed by atoms with Gasteiger partial charge in [-0.25, -0.2) is 0 Å². The Balaban J connectivity index is 1.55. The summed E-state index contributed by atoms with van der Waals surface area (Å²) in [5.74, 6) is 0.511. The van der Waals surface area contributed by atoms with E-state index in [9.17, 15) is 9.59 Å². The maximum Gasteiger partial charge on any atom is 0.274 e. The normalized spacial score (nSPS) is 13.6. The average molecular weight is 461 g/mol. The van der Waals surface area contributed by atoms with E-state index in [0.717, 1.165) is 28.9 Å². The van der Waals surface area contributed by atoms with E-state index in [2.05, 4.69) is 20.8 Å². The van der Waals surface area contributed by atoms with E-state index >= 15 is 0 Å². The summed E-state index contributed by atoms with van der Waals surface area (Å²) in [4.78, 5) is 30.2. The fourth-order valence-electron chi connectivity index (χ4n) is 3.96. The van der Waals surface area contributed by atoms with E-state index < -0.39 is 11.9 Å². The lowest BCUT2D eigenvalue weighted by atomic mass is 9.89. The molecule has 8 heteroatoms. The first-order valence-electron chi connectivity index (χ1n) is 11.3. The molecule has 8 nitrogen and oxygen atoms in total. The maximum atomic E-state index is 13.2. The molecule has 4 rings (SSSR count). The number of benzene rings is 2. The van der Waals surface area contributed by atoms with Gasteiger partial charge in [0.15, 0.2) is 11.5 Å². The Hall–Kier alpha value is -3.94. The molecule has 0 radical (unpaired) electrons. The summed E-state index contributed by atoms with van der Waals surface area (Å²) in [5, 5.41) is 9.64. The fourth-order valence-corrected chi connectivity index (χ4v) is 3.96. The molecule has 1 unspecified atom stereocenters. The first-order chi connectivity index (χ1) is 16.4. The highest BCUT2D eigenvalue weighted by Crippen LogP contribution is 2.37. The second-order valence-electron chi connectivity index (χ2n) is 8.45. The fraction of sp³-hybridized carbons (Fsp3) is 0.308. The Morgan fingerprint density at radius 1 is 1.12 bits per heavy atom. The molecule has 0 saturated carbocycles. The highest BCUT2D eigenvalue weighted by Gasteiger charge is 2.31. The second kappa shape index (κ2) is 9.91. The SMILES string of the molecule is CN=C(C)C(NC(=O)c1noc2c1CCc1cc(OC(C)C)ccc1-2)C(=O)Nc1ccccc1. The molecule has 0 saturated heterocycles. The number of ether oxygens (including phenoxy) is 1. The van der Waals surface area contributed by atoms with E-state index in [4.69, 9.17) is 9.26 Å². The molecule has 1 atom stereocenters. The first-order valence-corrected chi connectivity index (χ1v) is 11.3. The van der Waals surface area contributed by atoms with E-state index in [1.807, 2.05) is 50.2 Å². The second-order valence-corrected chi connectivity index (χ2v) is 8.45. The standard InChI is InChI=1S/C26H28N4O4/c1-15(2)33-19-11-13-20-17(14-19)10-12-21-23(30-34-24(20)21)26(32)29-22(16(3)27-4)25(31)28-18-8-6-5-7-9-18/h5-9,11,13-15,22H,10,12H2,1-4H3,(H,28,31)(H,29,32). The Bertz CT molecular complexity index is 1230. The maximum absolute atomic E-state index is 13.2. The quantitative estimate of drug-likeness (QED) is 0.518. The Morgan fingerprint density at radius 2 is 1.88 bits per heavy atom. The lowest BCUT2D eigenvalue weighted by Crippen LogP contribution is -2.48. The first kappa shape index (κ1) is 23.2. The van der Waals surface area contributed by atoms with Crippen molar-refractivity contribution in [1.82, 2.24) is 10.5 Å². The van der Waals surface area contributed by atoms with Crippen molar-refractivity contribution in [2.24, 2.45) is 4.99 Å². The Morgan fingerprint density at radius 3 is 2.59 bits per heavy atom. The minimum atomic E-state index is -0.948. The molecule has 2 N–H and O–H groups in total. The van der Waals surface area contributed by atoms with Gasteiger partial charge in [0.1, 0.15) is 11.8 Å². The lowest BCUT2D eigenvalue weighted by molar-refractivity contribution is -0.116. The molecule has 0 fully saturated rings. The van der Waals surface area contributed by atoms with Crippen molar-refractivity contribution in [3.05, 3.63) is 65.4 Å². The molecule has 0 bridgehead atoms. The number of fused-ring (bicyclic) bond motifs is 3. The monoisotopic (exact) mass is 460 g/mol. The molecule has 1 aliphatic carbocycles. The van der Waals surface area contributed by atoms with Gasteiger partial charge < -0.3 is 19.9 Å². The average Bonchev–Trinajstić information content (AvgIpc) is 3.26. The highest BCUT2D eigenvalue weighted by molar-refractivity contribution is 6.15. The molecular weight excluding hydrogens is 432 g/mol. The predicted molar refractivity (Wildman–Crippen MR) is 130 cm³/mol. The van der Waals surface area contributed by atoms with Gasteiger partial charge in [0, 0.05) is 29.6 Å². The molecule has 0 aliphatic heterocycles. The number of carbonyl (C=O) groups is 2. The van der Waals surface area contributed by atoms with Crippen LogP contribution in [0, 0.1) is 0 Å². The van der Waals surface area contributed by atoms with Crippen LogP contribution in [0.2, 0.25) is 0 Å². The number of aliphatic imine (C=N–C) groups is 1. The van der Waals surface area contributed by atoms with Gasteiger partial charge in [-0.1, -0.05) is 23.4 Å². The molecule has 176 valence electrons. The third-order valence-electron chi connectivity index (χ3n) is 5.69. The molecular formula is C26H28N4O4. The minimum absolute atomic E-state index is 0.0833. The molecule has 1 aliphatic rings. The molecule has 0 spiro atoms. The zero-order chi connectivity index (χ0) is 24.2. The summed E-state index contributed by atoms with van der Waals surface area (Å²) in [6.45, 7) is 5.66. The number of aryl methyl sites for hydroxylation is 1. The van der Waals surface area contributed by atoms with E-state index in [0.29, 0.717) is 23.6 Å². The number of anilines is 1. The number of nitrogens with one attached hydrogen (secondary N) is 2. The molecule has 34 heavy (non-hydrogen) atoms. The molecule has 2 amide bonds. The van der Waals surface area contributed by atoms with Crippen LogP contribution in [0.4, 0.5) is 5.69 Å². The van der Waals surface area contributed by atoms with Gasteiger partial charge >= 0.3 is 0 Å². The highest BCUT2D eigenvalue weighted by atomic mass is 16.5. The van der Waals surface area contributed by atoms with Crippen molar-refractivity contribution in [3.8, 4) is 17.1 Å². The van der Waals surface area contributed by atoms with Crippen molar-refractivity contribution in [2.45, 2.75) is 45.8 Å². The summed E-state index contributed by atoms with van der Waals surface area (Å²) in [5.41, 5.74) is 4.01. The third-order valence-corrected chi connectivity index (χ3v) is 5.69. The Kier molecular flexibility index (Phi) is 6.77. The van der Waals surface area contributed by atoms with E-state index in [-0.39, 0.29) is 17.7 Å². The van der Waals surface area contributed by atoms with Crippen LogP contribution in [0.15, 0.2) is 58.0 Å². The molecule has 3 aromatic rings. The predicted octanol–water partition coefficient (Wildman–Crippen LogP) is 4.06. The number of rotatable bonds is 7. The third kappa shape index (κ3) is 4.85. The summed E-state index contributed by atoms with van der Waals surface area (Å²) in [7, 11) is 1.58. The van der Waals surface area contributed by atoms with Crippen molar-refractivity contribution < 1.29 is 18.8 Å². The largest absolute Gasteiger partial charge is 0.491 e. The van der Waals surface area contributed by atoms with Crippen molar-refractivity contribution in [2.75, 3.05) is 12.4 Å². The van der Waals surface area contributed by atoms with Crippen molar-refractivity contribution in [3.63, 3.8) is 0 Å². The zero-order valence-electron chi connectivity index (χ0n) is 19.7. The zero-order valence-corrected chi connectivity index (χ0v) is 19.7. The van der Waals surface area contributed by atoms with Crippen molar-refractivity contribution >= 4 is 23.2 Å². The van der Waals surface area contributed by atoms with Crippen LogP contribution >= 0.6 is 0 Å². The molecule has 2 aromatic carbocycles. The van der Waals surface area contributed by atoms with Gasteiger partial charge in [0.25, 0.3) is 11.8 Å². The smallest absolute Gasteiger partial charge is 0.274 e. The topological polar surface area (TPSA) is 106 Å². The van der Waals surface area contributed by atoms with Gasteiger partial charge in [-0.2, -0.15) is 0 Å². The van der Waals surface area contributed by atoms with Crippen LogP contribution in [-0.2, 0) is 17.6 Å². The van der Waals surface area contributed by atoms with Gasteiger partial charge in [-0.15, -0.1) is 0 Å². The van der Waals surface area contributed by atoms with Crippen LogP contribution in [0.25, 0.3) is 11.3 Å². The van der Waals surface area contributed by atoms with Crippen LogP contribution in [-0.4, -0.2) is 41.9 Å². The minimum Gasteiger partial charge on any atom is -0.491 e. The van der Waals surface area contributed by atoms with Gasteiger partial charge in [-0.3, -0.25) is 14.6 Å². The number of hydrogen-bond acceptors (Lipinski definition) is 6. The summed E-state index contributed by atoms with van der Waals surface area (Å²) in [6.07, 6.45) is 1.41. The summed E-state index contributed by atoms with van der Waals surface area (Å²) in [6, 6.07) is 13.9. The summed E-state index contributed by atoms with van der Waals surface area (Å²) < 4.78 is 11.4. The molecule has 1 heterocycles. The summed E-state index contributed by atoms with van der Waals surface area (Å²) >= 11 is 0. The number of hydrogen-bond donors (Lipinski definition) is 2. The Labute approximate surface area is 198 Å². The van der Waals surface area contributed by atoms with Gasteiger partial charge in [0.2, 0.25) is 0 Å². The number of amides is 2. The van der Waals surface area contributed by atoms with Gasteiger partial charge in [-0.05, 0) is 69.5 Å².